The Morgan fingerprint density at radius 1 is 0.458 bits per heavy atom. The summed E-state index contributed by atoms with van der Waals surface area (Å²) in [7, 11) is -2.97. The molecule has 290 valence electrons. The van der Waals surface area contributed by atoms with Crippen LogP contribution in [0.15, 0.2) is 0 Å². The van der Waals surface area contributed by atoms with Gasteiger partial charge in [0.25, 0.3) is 0 Å². The molecule has 0 saturated carbocycles. The number of unbranched alkanes of at least 4 members (excludes halogenated alkanes) is 13. The predicted octanol–water partition coefficient (Wildman–Crippen LogP) is 17.9. The van der Waals surface area contributed by atoms with Crippen molar-refractivity contribution in [3.63, 3.8) is 0 Å². The first-order valence-corrected chi connectivity index (χ1v) is 29.8. The van der Waals surface area contributed by atoms with E-state index in [1.165, 1.54) is 141 Å². The van der Waals surface area contributed by atoms with E-state index in [1.54, 1.807) is 50.6 Å². The predicted molar refractivity (Wildman–Crippen MR) is 231 cm³/mol. The summed E-state index contributed by atoms with van der Waals surface area (Å²) in [5.41, 5.74) is 0.562. The molecule has 0 heterocycles. The Bertz CT molecular complexity index is 701. The van der Waals surface area contributed by atoms with E-state index in [2.05, 4.69) is 82.0 Å². The minimum Gasteiger partial charge on any atom is -0.0714 e. The number of hydrogen-bond acceptors (Lipinski definition) is 0. The fraction of sp³-hybridized carbons (Fsp3) is 1.00. The average Bonchev–Trinajstić information content (AvgIpc) is 3.04. The first-order chi connectivity index (χ1) is 22.9. The van der Waals surface area contributed by atoms with Gasteiger partial charge >= 0.3 is 0 Å². The van der Waals surface area contributed by atoms with E-state index in [0.29, 0.717) is 10.5 Å². The molecule has 0 aromatic carbocycles. The molecule has 0 radical (unpaired) electrons. The summed E-state index contributed by atoms with van der Waals surface area (Å²) in [5.74, 6) is 1.76. The molecule has 2 heteroatoms. The lowest BCUT2D eigenvalue weighted by atomic mass is 9.64. The van der Waals surface area contributed by atoms with Gasteiger partial charge in [-0.1, -0.05) is 242 Å². The number of hydrogen-bond donors (Lipinski definition) is 0. The molecule has 0 aromatic heterocycles. The average molecular weight is 707 g/mol. The highest BCUT2D eigenvalue weighted by atomic mass is 29.3. The highest BCUT2D eigenvalue weighted by molar-refractivity contribution is 7.42. The summed E-state index contributed by atoms with van der Waals surface area (Å²) in [6.45, 7) is 31.1. The molecule has 3 atom stereocenters. The largest absolute Gasteiger partial charge is 0.0714 e. The van der Waals surface area contributed by atoms with Crippen molar-refractivity contribution < 1.29 is 0 Å². The van der Waals surface area contributed by atoms with Crippen LogP contribution < -0.4 is 0 Å². The topological polar surface area (TPSA) is 0 Å². The van der Waals surface area contributed by atoms with Gasteiger partial charge in [-0.15, -0.1) is 0 Å². The normalized spacial score (nSPS) is 15.9. The lowest BCUT2D eigenvalue weighted by Gasteiger charge is -2.60. The van der Waals surface area contributed by atoms with E-state index in [1.807, 2.05) is 0 Å². The molecule has 0 N–H and O–H groups in total. The van der Waals surface area contributed by atoms with E-state index >= 15 is 0 Å². The van der Waals surface area contributed by atoms with Crippen molar-refractivity contribution in [2.45, 2.75) is 279 Å². The summed E-state index contributed by atoms with van der Waals surface area (Å²) in [6.07, 6.45) is 41.2. The van der Waals surface area contributed by atoms with Crippen LogP contribution in [0.2, 0.25) is 36.8 Å². The van der Waals surface area contributed by atoms with Gasteiger partial charge in [-0.05, 0) is 54.4 Å². The maximum atomic E-state index is 2.89. The molecule has 0 aliphatic heterocycles. The van der Waals surface area contributed by atoms with Gasteiger partial charge in [0.2, 0.25) is 0 Å². The van der Waals surface area contributed by atoms with Crippen LogP contribution in [-0.4, -0.2) is 15.2 Å². The van der Waals surface area contributed by atoms with Gasteiger partial charge in [0.1, 0.15) is 0 Å². The standard InChI is InChI=1S/C46H98Si2/c1-13-20-24-27-29-31-36-45(35-30-28-25-21-14-2,41-44(19-7)33-23-16-4)42-46(38-34-43(8)9,37-32-26-22-15-3)48(39-17-5,40-18-6)47(10,11)12/h43-44H,13-42H2,1-12H3. The van der Waals surface area contributed by atoms with E-state index in [-0.39, 0.29) is 0 Å². The summed E-state index contributed by atoms with van der Waals surface area (Å²) < 4.78 is 0. The van der Waals surface area contributed by atoms with Crippen molar-refractivity contribution in [2.24, 2.45) is 17.3 Å². The summed E-state index contributed by atoms with van der Waals surface area (Å²) in [4.78, 5) is 0. The number of rotatable bonds is 35. The Morgan fingerprint density at radius 3 is 1.31 bits per heavy atom. The van der Waals surface area contributed by atoms with Gasteiger partial charge in [-0.2, -0.15) is 0 Å². The first-order valence-electron chi connectivity index (χ1n) is 22.9. The Balaban J connectivity index is 7.48. The Morgan fingerprint density at radius 2 is 0.896 bits per heavy atom. The lowest BCUT2D eigenvalue weighted by Crippen LogP contribution is -2.65. The molecule has 0 rings (SSSR count). The van der Waals surface area contributed by atoms with Gasteiger partial charge in [-0.3, -0.25) is 0 Å². The SMILES string of the molecule is CCCCCCCCC(CCCCCCC)(CC(CC)CCCC)CC(CCCCCC)(CCC(C)C)[Si](CCC)(CCC)[Si](C)(C)C. The monoisotopic (exact) mass is 707 g/mol. The lowest BCUT2D eigenvalue weighted by molar-refractivity contribution is 0.112. The highest BCUT2D eigenvalue weighted by Gasteiger charge is 2.59. The van der Waals surface area contributed by atoms with Gasteiger partial charge < -0.3 is 0 Å². The Hall–Kier alpha value is 0.434. The smallest absolute Gasteiger partial charge is 0.0532 e. The van der Waals surface area contributed by atoms with Crippen LogP contribution in [0.3, 0.4) is 0 Å². The minimum atomic E-state index is -1.59. The second-order valence-corrected chi connectivity index (χ2v) is 34.9. The van der Waals surface area contributed by atoms with Crippen molar-refractivity contribution in [1.82, 2.24) is 0 Å². The zero-order chi connectivity index (χ0) is 36.4. The van der Waals surface area contributed by atoms with Crippen molar-refractivity contribution in [1.29, 1.82) is 0 Å². The van der Waals surface area contributed by atoms with Crippen molar-refractivity contribution in [2.75, 3.05) is 0 Å². The Labute approximate surface area is 310 Å². The van der Waals surface area contributed by atoms with E-state index < -0.39 is 15.2 Å². The van der Waals surface area contributed by atoms with Crippen LogP contribution in [0.4, 0.5) is 0 Å². The van der Waals surface area contributed by atoms with Gasteiger partial charge in [-0.25, -0.2) is 0 Å². The second kappa shape index (κ2) is 28.0. The van der Waals surface area contributed by atoms with Gasteiger partial charge in [0, 0.05) is 7.59 Å². The molecule has 0 aliphatic rings. The molecule has 0 aliphatic carbocycles. The molecular formula is C46H98Si2. The summed E-state index contributed by atoms with van der Waals surface area (Å²) in [5, 5.41) is 0.635. The van der Waals surface area contributed by atoms with Crippen LogP contribution in [0.1, 0.15) is 242 Å². The molecule has 0 nitrogen and oxygen atoms in total. The van der Waals surface area contributed by atoms with E-state index in [9.17, 15) is 0 Å². The zero-order valence-corrected chi connectivity index (χ0v) is 38.4. The molecule has 0 aromatic rings. The fourth-order valence-corrected chi connectivity index (χ4v) is 30.6. The molecule has 3 unspecified atom stereocenters. The maximum Gasteiger partial charge on any atom is 0.0532 e. The molecule has 0 fully saturated rings. The third-order valence-electron chi connectivity index (χ3n) is 13.4. The van der Waals surface area contributed by atoms with Crippen LogP contribution in [-0.2, 0) is 0 Å². The van der Waals surface area contributed by atoms with Crippen molar-refractivity contribution in [3.05, 3.63) is 0 Å². The van der Waals surface area contributed by atoms with Crippen molar-refractivity contribution >= 4 is 15.2 Å². The molecule has 0 saturated heterocycles. The molecule has 0 amide bonds. The van der Waals surface area contributed by atoms with Crippen molar-refractivity contribution in [3.8, 4) is 0 Å². The van der Waals surface area contributed by atoms with Gasteiger partial charge in [0.05, 0.1) is 7.59 Å². The molecule has 0 spiro atoms. The first kappa shape index (κ1) is 48.4. The second-order valence-electron chi connectivity index (χ2n) is 18.8. The highest BCUT2D eigenvalue weighted by Crippen LogP contribution is 2.63. The van der Waals surface area contributed by atoms with E-state index in [0.717, 1.165) is 11.8 Å². The van der Waals surface area contributed by atoms with Crippen LogP contribution in [0, 0.1) is 17.3 Å². The minimum absolute atomic E-state index is 0.562. The third-order valence-corrected chi connectivity index (χ3v) is 33.4. The molecular weight excluding hydrogens is 609 g/mol. The van der Waals surface area contributed by atoms with Gasteiger partial charge in [0.15, 0.2) is 0 Å². The van der Waals surface area contributed by atoms with Crippen LogP contribution in [0.5, 0.6) is 0 Å². The Kier molecular flexibility index (Phi) is 28.3. The fourth-order valence-electron chi connectivity index (χ4n) is 10.7. The molecule has 48 heavy (non-hydrogen) atoms. The maximum absolute atomic E-state index is 2.89. The quantitative estimate of drug-likeness (QED) is 0.0455. The zero-order valence-electron chi connectivity index (χ0n) is 36.4. The van der Waals surface area contributed by atoms with Crippen LogP contribution >= 0.6 is 0 Å². The summed E-state index contributed by atoms with van der Waals surface area (Å²) >= 11 is 0. The summed E-state index contributed by atoms with van der Waals surface area (Å²) in [6, 6.07) is 3.25. The molecule has 0 bridgehead atoms. The van der Waals surface area contributed by atoms with E-state index in [4.69, 9.17) is 0 Å². The third kappa shape index (κ3) is 17.8. The van der Waals surface area contributed by atoms with Crippen LogP contribution in [0.25, 0.3) is 0 Å².